The Morgan fingerprint density at radius 2 is 1.11 bits per heavy atom. The fourth-order valence-corrected chi connectivity index (χ4v) is 8.20. The molecule has 318 valence electrons. The first-order chi connectivity index (χ1) is 29.1. The Bertz CT molecular complexity index is 3460. The molecule has 0 bridgehead atoms. The average molecular weight is 925 g/mol. The van der Waals surface area contributed by atoms with Crippen LogP contribution in [-0.2, 0) is 30.4 Å². The predicted molar refractivity (Wildman–Crippen MR) is 228 cm³/mol. The van der Waals surface area contributed by atoms with Gasteiger partial charge in [-0.05, 0) is 113 Å². The molecular weight excluding hydrogens is 894 g/mol. The van der Waals surface area contributed by atoms with Crippen LogP contribution in [0.3, 0.4) is 0 Å². The van der Waals surface area contributed by atoms with Crippen molar-refractivity contribution in [3.05, 3.63) is 103 Å². The Morgan fingerprint density at radius 3 is 1.62 bits per heavy atom. The number of ether oxygens (including phenoxy) is 1. The van der Waals surface area contributed by atoms with Crippen LogP contribution in [0.4, 0.5) is 44.6 Å². The van der Waals surface area contributed by atoms with E-state index in [9.17, 15) is 53.9 Å². The first kappa shape index (κ1) is 46.2. The first-order valence-corrected chi connectivity index (χ1v) is 21.8. The van der Waals surface area contributed by atoms with E-state index in [1.807, 2.05) is 0 Å². The second-order valence-corrected chi connectivity index (χ2v) is 17.7. The van der Waals surface area contributed by atoms with Gasteiger partial charge in [-0.1, -0.05) is 12.1 Å². The zero-order chi connectivity index (χ0) is 44.9. The van der Waals surface area contributed by atoms with Crippen LogP contribution in [0.15, 0.2) is 132 Å². The maximum atomic E-state index is 13.1. The molecule has 7 aromatic carbocycles. The monoisotopic (exact) mass is 924 g/mol. The Kier molecular flexibility index (Phi) is 12.8. The average Bonchev–Trinajstić information content (AvgIpc) is 3.19. The number of azo groups is 2. The van der Waals surface area contributed by atoms with E-state index in [1.54, 1.807) is 13.0 Å². The second-order valence-electron chi connectivity index (χ2n) is 13.5. The second kappa shape index (κ2) is 17.5. The number of hydrogen-bond acceptors (Lipinski definition) is 15. The van der Waals surface area contributed by atoms with Crippen molar-refractivity contribution in [3.63, 3.8) is 0 Å². The van der Waals surface area contributed by atoms with Crippen LogP contribution in [0.5, 0.6) is 17.2 Å². The molecule has 0 radical (unpaired) electrons. The summed E-state index contributed by atoms with van der Waals surface area (Å²) in [4.78, 5) is 11.2. The standard InChI is InChI=1S/C39H31N7O13S3.Na/c1-19-11-30(40)32(59-2)18-31(19)44-46-36-34(62(56,57)58)17-23-14-25(7-10-29(23)38(36)48)42-39(49)41-24-6-9-28-22(13-24)16-33(61(53,54)55)35(37(28)47)45-43-26-5-3-21-15-27(60(50,51)52)8-4-20(21)12-26;/h3-18,47-48H,40H2,1-2H3,(H2,41,42,49)(H,50,51,52)(H,53,54,55)(H,56,57,58);/q;+1. The molecule has 7 aromatic rings. The largest absolute Gasteiger partial charge is 1.00 e. The maximum Gasteiger partial charge on any atom is 1.00 e. The van der Waals surface area contributed by atoms with Crippen LogP contribution in [0.25, 0.3) is 32.3 Å². The van der Waals surface area contributed by atoms with Crippen molar-refractivity contribution < 1.29 is 88.2 Å². The third-order valence-electron chi connectivity index (χ3n) is 9.34. The van der Waals surface area contributed by atoms with Crippen molar-refractivity contribution in [2.75, 3.05) is 23.5 Å². The number of phenols is 2. The molecule has 24 heteroatoms. The van der Waals surface area contributed by atoms with Crippen molar-refractivity contribution in [2.45, 2.75) is 21.6 Å². The quantitative estimate of drug-likeness (QED) is 0.0354. The summed E-state index contributed by atoms with van der Waals surface area (Å²) in [5.74, 6) is -1.05. The summed E-state index contributed by atoms with van der Waals surface area (Å²) in [6, 6.07) is 20.5. The van der Waals surface area contributed by atoms with Gasteiger partial charge in [-0.2, -0.15) is 30.4 Å². The number of phenolic OH excluding ortho intramolecular Hbond substituents is 2. The van der Waals surface area contributed by atoms with Gasteiger partial charge >= 0.3 is 35.6 Å². The molecule has 0 aliphatic carbocycles. The summed E-state index contributed by atoms with van der Waals surface area (Å²) in [7, 11) is -13.1. The normalized spacial score (nSPS) is 12.3. The molecule has 0 unspecified atom stereocenters. The number of methoxy groups -OCH3 is 1. The first-order valence-electron chi connectivity index (χ1n) is 17.5. The topological polar surface area (TPSA) is 329 Å². The molecule has 7 rings (SSSR count). The Morgan fingerprint density at radius 1 is 0.603 bits per heavy atom. The van der Waals surface area contributed by atoms with Gasteiger partial charge < -0.3 is 31.3 Å². The molecule has 0 aromatic heterocycles. The molecule has 2 amide bonds. The minimum Gasteiger partial charge on any atom is -0.505 e. The number of hydrogen-bond donors (Lipinski definition) is 8. The van der Waals surface area contributed by atoms with E-state index in [0.717, 1.165) is 12.1 Å². The number of urea groups is 1. The number of nitrogens with two attached hydrogens (primary N) is 1. The predicted octanol–water partition coefficient (Wildman–Crippen LogP) is 5.68. The minimum atomic E-state index is -5.03. The molecule has 0 heterocycles. The van der Waals surface area contributed by atoms with Gasteiger partial charge in [-0.15, -0.1) is 15.3 Å². The number of aryl methyl sites for hydroxylation is 1. The van der Waals surface area contributed by atoms with Crippen LogP contribution in [-0.4, -0.2) is 62.3 Å². The van der Waals surface area contributed by atoms with Gasteiger partial charge in [0.2, 0.25) is 0 Å². The van der Waals surface area contributed by atoms with E-state index in [0.29, 0.717) is 22.0 Å². The van der Waals surface area contributed by atoms with Gasteiger partial charge in [-0.3, -0.25) is 13.7 Å². The molecule has 0 atom stereocenters. The molecule has 0 saturated carbocycles. The summed E-state index contributed by atoms with van der Waals surface area (Å²) in [6.45, 7) is 1.67. The molecule has 9 N–H and O–H groups in total. The third-order valence-corrected chi connectivity index (χ3v) is 11.9. The molecule has 20 nitrogen and oxygen atoms in total. The fourth-order valence-electron chi connectivity index (χ4n) is 6.37. The van der Waals surface area contributed by atoms with E-state index in [1.165, 1.54) is 86.0 Å². The number of nitrogens with zero attached hydrogens (tertiary/aromatic N) is 4. The van der Waals surface area contributed by atoms with Crippen molar-refractivity contribution in [1.29, 1.82) is 0 Å². The number of nitrogen functional groups attached to an aromatic ring is 1. The molecule has 0 fully saturated rings. The maximum absolute atomic E-state index is 13.1. The molecule has 0 aliphatic rings. The number of aromatic hydroxyl groups is 2. The van der Waals surface area contributed by atoms with E-state index in [4.69, 9.17) is 10.5 Å². The number of fused-ring (bicyclic) bond motifs is 3. The Hall–Kier alpha value is -6.28. The van der Waals surface area contributed by atoms with Crippen molar-refractivity contribution in [1.82, 2.24) is 0 Å². The van der Waals surface area contributed by atoms with Crippen molar-refractivity contribution in [3.8, 4) is 17.2 Å². The molecule has 0 aliphatic heterocycles. The van der Waals surface area contributed by atoms with Gasteiger partial charge in [0.15, 0.2) is 11.5 Å². The number of anilines is 3. The van der Waals surface area contributed by atoms with Crippen LogP contribution >= 0.6 is 0 Å². The Labute approximate surface area is 379 Å². The molecule has 0 spiro atoms. The summed E-state index contributed by atoms with van der Waals surface area (Å²) in [6.07, 6.45) is 0. The number of nitrogens with one attached hydrogen (secondary N) is 2. The van der Waals surface area contributed by atoms with E-state index >= 15 is 0 Å². The summed E-state index contributed by atoms with van der Waals surface area (Å²) < 4.78 is 107. The van der Waals surface area contributed by atoms with E-state index in [-0.39, 0.29) is 84.5 Å². The van der Waals surface area contributed by atoms with Gasteiger partial charge in [0.25, 0.3) is 30.4 Å². The van der Waals surface area contributed by atoms with Crippen LogP contribution in [0, 0.1) is 6.92 Å². The molecule has 63 heavy (non-hydrogen) atoms. The van der Waals surface area contributed by atoms with E-state index < -0.39 is 69.1 Å². The number of rotatable bonds is 10. The van der Waals surface area contributed by atoms with Gasteiger partial charge in [0.05, 0.1) is 29.1 Å². The summed E-state index contributed by atoms with van der Waals surface area (Å²) in [5.41, 5.74) is 6.21. The number of carbonyl (C=O) groups is 1. The smallest absolute Gasteiger partial charge is 0.505 e. The molecular formula is C39H31N7NaO13S3+. The van der Waals surface area contributed by atoms with Crippen LogP contribution in [0.1, 0.15) is 5.56 Å². The zero-order valence-corrected chi connectivity index (χ0v) is 37.3. The number of benzene rings is 7. The fraction of sp³-hybridized carbons (Fsp3) is 0.0513. The van der Waals surface area contributed by atoms with Crippen LogP contribution in [0.2, 0.25) is 0 Å². The SMILES string of the molecule is COc1cc(N=Nc2c(S(=O)(=O)O)cc3cc(NC(=O)Nc4ccc5c(O)c(N=Nc6ccc7cc(S(=O)(=O)O)ccc7c6)c(S(=O)(=O)O)cc5c4)ccc3c2O)c(C)cc1N.[Na+]. The van der Waals surface area contributed by atoms with E-state index in [2.05, 4.69) is 31.1 Å². The van der Waals surface area contributed by atoms with Crippen molar-refractivity contribution in [2.24, 2.45) is 20.5 Å². The molecule has 0 saturated heterocycles. The van der Waals surface area contributed by atoms with Gasteiger partial charge in [0.1, 0.15) is 26.9 Å². The van der Waals surface area contributed by atoms with Gasteiger partial charge in [0, 0.05) is 28.2 Å². The zero-order valence-electron chi connectivity index (χ0n) is 32.8. The number of amides is 2. The number of carbonyl (C=O) groups excluding carboxylic acids is 1. The minimum absolute atomic E-state index is 0. The van der Waals surface area contributed by atoms with Crippen molar-refractivity contribution >= 4 is 109 Å². The third kappa shape index (κ3) is 9.86. The Balaban J connectivity index is 0.00000661. The van der Waals surface area contributed by atoms with Crippen LogP contribution < -0.4 is 50.7 Å². The summed E-state index contributed by atoms with van der Waals surface area (Å²) in [5, 5.41) is 44.4. The summed E-state index contributed by atoms with van der Waals surface area (Å²) >= 11 is 0. The van der Waals surface area contributed by atoms with Gasteiger partial charge in [-0.25, -0.2) is 4.79 Å².